The lowest BCUT2D eigenvalue weighted by atomic mass is 10.1. The first-order chi connectivity index (χ1) is 5.80. The third-order valence-corrected chi connectivity index (χ3v) is 1.63. The average molecular weight is 170 g/mol. The summed E-state index contributed by atoms with van der Waals surface area (Å²) in [5.41, 5.74) is 1.76. The Morgan fingerprint density at radius 3 is 1.67 bits per heavy atom. The molecule has 3 heteroatoms. The zero-order chi connectivity index (χ0) is 8.97. The van der Waals surface area contributed by atoms with Gasteiger partial charge in [-0.25, -0.2) is 4.39 Å². The maximum atomic E-state index is 12.2. The van der Waals surface area contributed by atoms with Crippen LogP contribution in [0.1, 0.15) is 16.7 Å². The van der Waals surface area contributed by atoms with Gasteiger partial charge in [-0.15, -0.1) is 0 Å². The molecule has 0 aliphatic heterocycles. The van der Waals surface area contributed by atoms with Crippen LogP contribution >= 0.6 is 0 Å². The van der Waals surface area contributed by atoms with E-state index in [1.807, 2.05) is 0 Å². The summed E-state index contributed by atoms with van der Waals surface area (Å²) in [4.78, 5) is 0. The van der Waals surface area contributed by atoms with Crippen LogP contribution in [0.15, 0.2) is 18.2 Å². The van der Waals surface area contributed by atoms with Crippen LogP contribution in [0.2, 0.25) is 0 Å². The van der Waals surface area contributed by atoms with Crippen LogP contribution in [0, 0.1) is 0 Å². The van der Waals surface area contributed by atoms with E-state index in [0.29, 0.717) is 16.7 Å². The fraction of sp³-hybridized carbons (Fsp3) is 0.333. The number of rotatable bonds is 3. The lowest BCUT2D eigenvalue weighted by Crippen LogP contribution is -1.92. The maximum absolute atomic E-state index is 12.2. The van der Waals surface area contributed by atoms with Gasteiger partial charge in [0, 0.05) is 0 Å². The highest BCUT2D eigenvalue weighted by atomic mass is 19.1. The molecular weight excluding hydrogens is 159 g/mol. The van der Waals surface area contributed by atoms with E-state index in [0.717, 1.165) is 0 Å². The highest BCUT2D eigenvalue weighted by molar-refractivity contribution is 5.29. The molecule has 0 aromatic heterocycles. The Morgan fingerprint density at radius 1 is 0.917 bits per heavy atom. The van der Waals surface area contributed by atoms with Crippen LogP contribution in [0.5, 0.6) is 0 Å². The highest BCUT2D eigenvalue weighted by Gasteiger charge is 1.99. The van der Waals surface area contributed by atoms with Crippen molar-refractivity contribution in [1.82, 2.24) is 0 Å². The van der Waals surface area contributed by atoms with Crippen LogP contribution in [0.3, 0.4) is 0 Å². The molecular formula is C9H11FO2. The third-order valence-electron chi connectivity index (χ3n) is 1.63. The predicted molar refractivity (Wildman–Crippen MR) is 43.1 cm³/mol. The molecule has 0 bridgehead atoms. The summed E-state index contributed by atoms with van der Waals surface area (Å²) in [6, 6.07) is 4.82. The molecule has 1 aromatic rings. The molecule has 0 amide bonds. The molecule has 0 radical (unpaired) electrons. The molecule has 0 saturated carbocycles. The van der Waals surface area contributed by atoms with Gasteiger partial charge >= 0.3 is 0 Å². The molecule has 0 aliphatic rings. The van der Waals surface area contributed by atoms with Crippen molar-refractivity contribution >= 4 is 0 Å². The maximum Gasteiger partial charge on any atom is 0.115 e. The SMILES string of the molecule is OCc1cc(CO)cc(CF)c1. The van der Waals surface area contributed by atoms with Crippen LogP contribution in [0.25, 0.3) is 0 Å². The number of benzene rings is 1. The van der Waals surface area contributed by atoms with Gasteiger partial charge < -0.3 is 10.2 Å². The Labute approximate surface area is 70.3 Å². The van der Waals surface area contributed by atoms with Crippen molar-refractivity contribution in [2.24, 2.45) is 0 Å². The zero-order valence-electron chi connectivity index (χ0n) is 6.63. The molecule has 0 aliphatic carbocycles. The summed E-state index contributed by atoms with van der Waals surface area (Å²) in [6.07, 6.45) is 0. The fourth-order valence-electron chi connectivity index (χ4n) is 1.10. The standard InChI is InChI=1S/C9H11FO2/c10-4-7-1-8(5-11)3-9(2-7)6-12/h1-3,11-12H,4-6H2. The van der Waals surface area contributed by atoms with Gasteiger partial charge in [0.15, 0.2) is 0 Å². The number of aliphatic hydroxyl groups is 2. The monoisotopic (exact) mass is 170 g/mol. The highest BCUT2D eigenvalue weighted by Crippen LogP contribution is 2.11. The van der Waals surface area contributed by atoms with Gasteiger partial charge in [0.25, 0.3) is 0 Å². The van der Waals surface area contributed by atoms with E-state index < -0.39 is 6.67 Å². The second kappa shape index (κ2) is 4.18. The average Bonchev–Trinajstić information content (AvgIpc) is 2.16. The van der Waals surface area contributed by atoms with Crippen molar-refractivity contribution in [3.63, 3.8) is 0 Å². The van der Waals surface area contributed by atoms with Gasteiger partial charge in [-0.1, -0.05) is 18.2 Å². The number of aliphatic hydroxyl groups excluding tert-OH is 2. The number of hydrogen-bond donors (Lipinski definition) is 2. The third kappa shape index (κ3) is 2.03. The van der Waals surface area contributed by atoms with E-state index in [-0.39, 0.29) is 13.2 Å². The molecule has 2 N–H and O–H groups in total. The van der Waals surface area contributed by atoms with E-state index in [9.17, 15) is 4.39 Å². The van der Waals surface area contributed by atoms with Crippen molar-refractivity contribution in [3.05, 3.63) is 34.9 Å². The minimum absolute atomic E-state index is 0.124. The van der Waals surface area contributed by atoms with Crippen molar-refractivity contribution in [1.29, 1.82) is 0 Å². The van der Waals surface area contributed by atoms with Crippen LogP contribution in [-0.2, 0) is 19.9 Å². The Hall–Kier alpha value is -0.930. The number of halogens is 1. The van der Waals surface area contributed by atoms with E-state index in [1.54, 1.807) is 18.2 Å². The minimum atomic E-state index is -0.569. The molecule has 0 unspecified atom stereocenters. The largest absolute Gasteiger partial charge is 0.392 e. The summed E-state index contributed by atoms with van der Waals surface area (Å²) >= 11 is 0. The molecule has 0 fully saturated rings. The van der Waals surface area contributed by atoms with E-state index in [4.69, 9.17) is 10.2 Å². The second-order valence-electron chi connectivity index (χ2n) is 2.61. The van der Waals surface area contributed by atoms with Crippen LogP contribution in [0.4, 0.5) is 4.39 Å². The lowest BCUT2D eigenvalue weighted by molar-refractivity contribution is 0.275. The normalized spacial score (nSPS) is 10.2. The summed E-state index contributed by atoms with van der Waals surface area (Å²) in [6.45, 7) is -0.817. The van der Waals surface area contributed by atoms with Gasteiger partial charge in [0.1, 0.15) is 6.67 Å². The van der Waals surface area contributed by atoms with Crippen LogP contribution in [-0.4, -0.2) is 10.2 Å². The molecule has 0 atom stereocenters. The molecule has 0 spiro atoms. The Morgan fingerprint density at radius 2 is 1.33 bits per heavy atom. The summed E-state index contributed by atoms with van der Waals surface area (Å²) in [7, 11) is 0. The smallest absolute Gasteiger partial charge is 0.115 e. The number of hydrogen-bond acceptors (Lipinski definition) is 2. The van der Waals surface area contributed by atoms with E-state index >= 15 is 0 Å². The van der Waals surface area contributed by atoms with Gasteiger partial charge in [-0.3, -0.25) is 0 Å². The zero-order valence-corrected chi connectivity index (χ0v) is 6.63. The molecule has 0 saturated heterocycles. The van der Waals surface area contributed by atoms with E-state index in [2.05, 4.69) is 0 Å². The van der Waals surface area contributed by atoms with Crippen molar-refractivity contribution < 1.29 is 14.6 Å². The Balaban J connectivity index is 3.01. The summed E-state index contributed by atoms with van der Waals surface area (Å²) < 4.78 is 12.2. The molecule has 12 heavy (non-hydrogen) atoms. The van der Waals surface area contributed by atoms with Gasteiger partial charge in [-0.05, 0) is 16.7 Å². The van der Waals surface area contributed by atoms with Gasteiger partial charge in [0.05, 0.1) is 13.2 Å². The quantitative estimate of drug-likeness (QED) is 0.714. The summed E-state index contributed by atoms with van der Waals surface area (Å²) in [5.74, 6) is 0. The van der Waals surface area contributed by atoms with Crippen molar-refractivity contribution in [2.75, 3.05) is 0 Å². The Kier molecular flexibility index (Phi) is 3.19. The second-order valence-corrected chi connectivity index (χ2v) is 2.61. The van der Waals surface area contributed by atoms with Gasteiger partial charge in [0.2, 0.25) is 0 Å². The van der Waals surface area contributed by atoms with Crippen LogP contribution < -0.4 is 0 Å². The summed E-state index contributed by atoms with van der Waals surface area (Å²) in [5, 5.41) is 17.5. The first kappa shape index (κ1) is 9.16. The van der Waals surface area contributed by atoms with E-state index in [1.165, 1.54) is 0 Å². The molecule has 2 nitrogen and oxygen atoms in total. The topological polar surface area (TPSA) is 40.5 Å². The Bertz CT molecular complexity index is 205. The predicted octanol–water partition coefficient (Wildman–Crippen LogP) is 1.14. The van der Waals surface area contributed by atoms with Crippen molar-refractivity contribution in [2.45, 2.75) is 19.9 Å². The molecule has 1 rings (SSSR count). The molecule has 1 aromatic carbocycles. The van der Waals surface area contributed by atoms with Gasteiger partial charge in [-0.2, -0.15) is 0 Å². The minimum Gasteiger partial charge on any atom is -0.392 e. The van der Waals surface area contributed by atoms with Crippen molar-refractivity contribution in [3.8, 4) is 0 Å². The molecule has 0 heterocycles. The fourth-order valence-corrected chi connectivity index (χ4v) is 1.10. The number of alkyl halides is 1. The molecule has 66 valence electrons. The lowest BCUT2D eigenvalue weighted by Gasteiger charge is -2.03. The first-order valence-electron chi connectivity index (χ1n) is 3.69. The first-order valence-corrected chi connectivity index (χ1v) is 3.69.